The van der Waals surface area contributed by atoms with E-state index >= 15 is 0 Å². The highest BCUT2D eigenvalue weighted by molar-refractivity contribution is 5.31. The largest absolute Gasteiger partial charge is 0.394 e. The first kappa shape index (κ1) is 12.6. The van der Waals surface area contributed by atoms with Crippen LogP contribution in [0.15, 0.2) is 18.2 Å². The van der Waals surface area contributed by atoms with Gasteiger partial charge in [0.25, 0.3) is 0 Å². The maximum Gasteiger partial charge on any atom is 0.0628 e. The number of benzene rings is 1. The second-order valence-electron chi connectivity index (χ2n) is 4.83. The Labute approximate surface area is 103 Å². The number of aryl methyl sites for hydroxylation is 2. The summed E-state index contributed by atoms with van der Waals surface area (Å²) >= 11 is 0. The summed E-state index contributed by atoms with van der Waals surface area (Å²) in [5, 5.41) is 13.0. The van der Waals surface area contributed by atoms with Crippen molar-refractivity contribution in [2.24, 2.45) is 0 Å². The summed E-state index contributed by atoms with van der Waals surface area (Å²) < 4.78 is 0. The summed E-state index contributed by atoms with van der Waals surface area (Å²) in [6, 6.07) is 6.65. The molecule has 2 rings (SSSR count). The van der Waals surface area contributed by atoms with E-state index in [2.05, 4.69) is 42.3 Å². The Morgan fingerprint density at radius 3 is 2.53 bits per heavy atom. The van der Waals surface area contributed by atoms with Crippen molar-refractivity contribution in [3.63, 3.8) is 0 Å². The Bertz CT molecular complexity index is 372. The van der Waals surface area contributed by atoms with Crippen LogP contribution in [0.4, 0.5) is 0 Å². The Kier molecular flexibility index (Phi) is 4.15. The van der Waals surface area contributed by atoms with Gasteiger partial charge in [0.15, 0.2) is 0 Å². The molecular weight excluding hydrogens is 212 g/mol. The van der Waals surface area contributed by atoms with Crippen LogP contribution in [0.25, 0.3) is 0 Å². The molecule has 2 N–H and O–H groups in total. The highest BCUT2D eigenvalue weighted by atomic mass is 16.3. The molecule has 1 heterocycles. The number of aliphatic hydroxyl groups is 1. The summed E-state index contributed by atoms with van der Waals surface area (Å²) in [6.07, 6.45) is 0. The Morgan fingerprint density at radius 1 is 1.24 bits per heavy atom. The van der Waals surface area contributed by atoms with Crippen molar-refractivity contribution < 1.29 is 5.11 Å². The minimum absolute atomic E-state index is 0.149. The maximum atomic E-state index is 9.63. The molecule has 1 fully saturated rings. The van der Waals surface area contributed by atoms with Gasteiger partial charge in [-0.3, -0.25) is 4.90 Å². The van der Waals surface area contributed by atoms with Crippen LogP contribution in [0.2, 0.25) is 0 Å². The first-order valence-electron chi connectivity index (χ1n) is 6.35. The summed E-state index contributed by atoms with van der Waals surface area (Å²) in [5.74, 6) is 0. The van der Waals surface area contributed by atoms with E-state index < -0.39 is 0 Å². The second kappa shape index (κ2) is 5.63. The van der Waals surface area contributed by atoms with E-state index in [1.54, 1.807) is 0 Å². The molecule has 0 aliphatic carbocycles. The van der Waals surface area contributed by atoms with Gasteiger partial charge in [-0.2, -0.15) is 0 Å². The molecule has 1 aromatic rings. The molecule has 0 unspecified atom stereocenters. The molecule has 0 radical (unpaired) electrons. The highest BCUT2D eigenvalue weighted by Crippen LogP contribution is 2.22. The highest BCUT2D eigenvalue weighted by Gasteiger charge is 2.21. The molecule has 1 atom stereocenters. The van der Waals surface area contributed by atoms with Gasteiger partial charge in [-0.05, 0) is 30.5 Å². The van der Waals surface area contributed by atoms with Crippen molar-refractivity contribution in [1.29, 1.82) is 0 Å². The summed E-state index contributed by atoms with van der Waals surface area (Å²) in [6.45, 7) is 8.50. The third-order valence-electron chi connectivity index (χ3n) is 3.68. The number of aliphatic hydroxyl groups excluding tert-OH is 1. The monoisotopic (exact) mass is 234 g/mol. The van der Waals surface area contributed by atoms with Crippen molar-refractivity contribution in [1.82, 2.24) is 10.2 Å². The normalized spacial score (nSPS) is 19.2. The van der Waals surface area contributed by atoms with Gasteiger partial charge in [0, 0.05) is 26.2 Å². The van der Waals surface area contributed by atoms with E-state index in [4.69, 9.17) is 0 Å². The summed E-state index contributed by atoms with van der Waals surface area (Å²) in [7, 11) is 0. The summed E-state index contributed by atoms with van der Waals surface area (Å²) in [5.41, 5.74) is 3.85. The minimum atomic E-state index is 0.149. The van der Waals surface area contributed by atoms with E-state index in [-0.39, 0.29) is 12.6 Å². The molecule has 1 aliphatic rings. The minimum Gasteiger partial charge on any atom is -0.394 e. The van der Waals surface area contributed by atoms with Gasteiger partial charge < -0.3 is 10.4 Å². The molecule has 3 nitrogen and oxygen atoms in total. The number of nitrogens with zero attached hydrogens (tertiary/aromatic N) is 1. The lowest BCUT2D eigenvalue weighted by molar-refractivity contribution is 0.111. The van der Waals surface area contributed by atoms with Gasteiger partial charge in [-0.15, -0.1) is 0 Å². The zero-order valence-electron chi connectivity index (χ0n) is 10.7. The van der Waals surface area contributed by atoms with Gasteiger partial charge in [-0.1, -0.05) is 18.2 Å². The van der Waals surface area contributed by atoms with Crippen LogP contribution in [0.3, 0.4) is 0 Å². The molecule has 1 saturated heterocycles. The third kappa shape index (κ3) is 2.86. The number of hydrogen-bond acceptors (Lipinski definition) is 3. The predicted molar refractivity (Wildman–Crippen MR) is 70.2 cm³/mol. The average Bonchev–Trinajstić information content (AvgIpc) is 2.36. The fraction of sp³-hybridized carbons (Fsp3) is 0.571. The molecule has 1 aliphatic heterocycles. The zero-order chi connectivity index (χ0) is 12.3. The van der Waals surface area contributed by atoms with Crippen LogP contribution in [0.5, 0.6) is 0 Å². The Morgan fingerprint density at radius 2 is 1.94 bits per heavy atom. The van der Waals surface area contributed by atoms with Gasteiger partial charge >= 0.3 is 0 Å². The number of piperazine rings is 1. The maximum absolute atomic E-state index is 9.63. The van der Waals surface area contributed by atoms with Crippen LogP contribution in [0, 0.1) is 13.8 Å². The van der Waals surface area contributed by atoms with Crippen molar-refractivity contribution in [2.75, 3.05) is 32.8 Å². The SMILES string of the molecule is Cc1ccc([C@@H](CO)N2CCNCC2)cc1C. The lowest BCUT2D eigenvalue weighted by Gasteiger charge is -2.34. The molecule has 94 valence electrons. The van der Waals surface area contributed by atoms with Gasteiger partial charge in [0.05, 0.1) is 12.6 Å². The fourth-order valence-electron chi connectivity index (χ4n) is 2.40. The third-order valence-corrected chi connectivity index (χ3v) is 3.68. The van der Waals surface area contributed by atoms with Crippen LogP contribution in [-0.4, -0.2) is 42.8 Å². The first-order chi connectivity index (χ1) is 8.22. The molecule has 3 heteroatoms. The molecule has 0 aromatic heterocycles. The Balaban J connectivity index is 2.18. The lowest BCUT2D eigenvalue weighted by atomic mass is 10.00. The first-order valence-corrected chi connectivity index (χ1v) is 6.35. The number of hydrogen-bond donors (Lipinski definition) is 2. The van der Waals surface area contributed by atoms with E-state index in [0.29, 0.717) is 0 Å². The van der Waals surface area contributed by atoms with E-state index in [0.717, 1.165) is 26.2 Å². The standard InChI is InChI=1S/C14H22N2O/c1-11-3-4-13(9-12(11)2)14(10-17)16-7-5-15-6-8-16/h3-4,9,14-15,17H,5-8,10H2,1-2H3/t14-/m1/s1. The van der Waals surface area contributed by atoms with E-state index in [9.17, 15) is 5.11 Å². The van der Waals surface area contributed by atoms with Crippen LogP contribution >= 0.6 is 0 Å². The topological polar surface area (TPSA) is 35.5 Å². The van der Waals surface area contributed by atoms with Crippen LogP contribution < -0.4 is 5.32 Å². The van der Waals surface area contributed by atoms with Gasteiger partial charge in [0.2, 0.25) is 0 Å². The molecule has 0 amide bonds. The Hall–Kier alpha value is -0.900. The van der Waals surface area contributed by atoms with Gasteiger partial charge in [-0.25, -0.2) is 0 Å². The molecule has 17 heavy (non-hydrogen) atoms. The molecular formula is C14H22N2O. The predicted octanol–water partition coefficient (Wildman–Crippen LogP) is 1.24. The lowest BCUT2D eigenvalue weighted by Crippen LogP contribution is -2.46. The molecule has 1 aromatic carbocycles. The fourth-order valence-corrected chi connectivity index (χ4v) is 2.40. The van der Waals surface area contributed by atoms with E-state index in [1.165, 1.54) is 16.7 Å². The molecule has 0 saturated carbocycles. The van der Waals surface area contributed by atoms with Gasteiger partial charge in [0.1, 0.15) is 0 Å². The number of nitrogens with one attached hydrogen (secondary N) is 1. The second-order valence-corrected chi connectivity index (χ2v) is 4.83. The van der Waals surface area contributed by atoms with Crippen LogP contribution in [-0.2, 0) is 0 Å². The zero-order valence-corrected chi connectivity index (χ0v) is 10.7. The average molecular weight is 234 g/mol. The van der Waals surface area contributed by atoms with E-state index in [1.807, 2.05) is 0 Å². The van der Waals surface area contributed by atoms with Crippen molar-refractivity contribution in [3.05, 3.63) is 34.9 Å². The van der Waals surface area contributed by atoms with Crippen molar-refractivity contribution in [2.45, 2.75) is 19.9 Å². The molecule has 0 bridgehead atoms. The molecule has 0 spiro atoms. The smallest absolute Gasteiger partial charge is 0.0628 e. The summed E-state index contributed by atoms with van der Waals surface area (Å²) in [4.78, 5) is 2.36. The van der Waals surface area contributed by atoms with Crippen molar-refractivity contribution in [3.8, 4) is 0 Å². The quantitative estimate of drug-likeness (QED) is 0.826. The van der Waals surface area contributed by atoms with Crippen LogP contribution in [0.1, 0.15) is 22.7 Å². The van der Waals surface area contributed by atoms with Crippen molar-refractivity contribution >= 4 is 0 Å². The number of rotatable bonds is 3.